The number of pyridine rings is 1. The summed E-state index contributed by atoms with van der Waals surface area (Å²) >= 11 is 5.97. The van der Waals surface area contributed by atoms with Gasteiger partial charge in [-0.3, -0.25) is 4.79 Å². The SMILES string of the molecule is CCOc1ccc(-c2cccc(CC(=O)Cc3cc(Cl)ccc3C(=O)O)c2)cn1. The number of carbonyl (C=O) groups is 2. The molecule has 6 heteroatoms. The maximum absolute atomic E-state index is 12.6. The van der Waals surface area contributed by atoms with E-state index in [4.69, 9.17) is 16.3 Å². The molecule has 29 heavy (non-hydrogen) atoms. The van der Waals surface area contributed by atoms with Crippen molar-refractivity contribution in [2.24, 2.45) is 0 Å². The van der Waals surface area contributed by atoms with E-state index in [1.165, 1.54) is 18.2 Å². The van der Waals surface area contributed by atoms with Gasteiger partial charge in [0.15, 0.2) is 0 Å². The van der Waals surface area contributed by atoms with Crippen molar-refractivity contribution < 1.29 is 19.4 Å². The molecule has 1 N–H and O–H groups in total. The number of carboxylic acids is 1. The zero-order valence-electron chi connectivity index (χ0n) is 15.9. The van der Waals surface area contributed by atoms with Gasteiger partial charge in [-0.05, 0) is 47.9 Å². The van der Waals surface area contributed by atoms with Crippen LogP contribution in [0.5, 0.6) is 5.88 Å². The van der Waals surface area contributed by atoms with Crippen LogP contribution >= 0.6 is 11.6 Å². The number of Topliss-reactive ketones (excluding diaryl/α,β-unsaturated/α-hetero) is 1. The van der Waals surface area contributed by atoms with E-state index < -0.39 is 5.97 Å². The van der Waals surface area contributed by atoms with Gasteiger partial charge in [-0.1, -0.05) is 35.9 Å². The Morgan fingerprint density at radius 1 is 1.03 bits per heavy atom. The lowest BCUT2D eigenvalue weighted by Gasteiger charge is -2.08. The summed E-state index contributed by atoms with van der Waals surface area (Å²) in [5.41, 5.74) is 3.23. The molecule has 0 radical (unpaired) electrons. The molecular formula is C23H20ClNO4. The molecule has 0 unspecified atom stereocenters. The van der Waals surface area contributed by atoms with Crippen molar-refractivity contribution in [2.75, 3.05) is 6.61 Å². The van der Waals surface area contributed by atoms with Crippen LogP contribution in [0.2, 0.25) is 5.02 Å². The average Bonchev–Trinajstić information content (AvgIpc) is 2.69. The summed E-state index contributed by atoms with van der Waals surface area (Å²) in [5, 5.41) is 9.71. The number of rotatable bonds is 8. The van der Waals surface area contributed by atoms with Crippen LogP contribution in [0.15, 0.2) is 60.8 Å². The maximum atomic E-state index is 12.6. The number of hydrogen-bond acceptors (Lipinski definition) is 4. The normalized spacial score (nSPS) is 10.6. The van der Waals surface area contributed by atoms with Crippen molar-refractivity contribution in [3.63, 3.8) is 0 Å². The number of ether oxygens (including phenoxy) is 1. The van der Waals surface area contributed by atoms with Gasteiger partial charge in [-0.25, -0.2) is 9.78 Å². The predicted octanol–water partition coefficient (Wildman–Crippen LogP) is 4.85. The number of hydrogen-bond donors (Lipinski definition) is 1. The molecule has 0 aliphatic carbocycles. The number of nitrogens with zero attached hydrogens (tertiary/aromatic N) is 1. The van der Waals surface area contributed by atoms with Gasteiger partial charge in [0, 0.05) is 35.7 Å². The molecule has 3 rings (SSSR count). The molecule has 0 saturated carbocycles. The first kappa shape index (κ1) is 20.6. The Hall–Kier alpha value is -3.18. The molecule has 0 saturated heterocycles. The molecule has 0 fully saturated rings. The Balaban J connectivity index is 1.74. The van der Waals surface area contributed by atoms with E-state index in [1.54, 1.807) is 6.20 Å². The molecule has 1 aromatic heterocycles. The first-order chi connectivity index (χ1) is 14.0. The van der Waals surface area contributed by atoms with E-state index >= 15 is 0 Å². The third kappa shape index (κ3) is 5.42. The largest absolute Gasteiger partial charge is 0.478 e. The first-order valence-electron chi connectivity index (χ1n) is 9.18. The van der Waals surface area contributed by atoms with E-state index in [-0.39, 0.29) is 24.2 Å². The van der Waals surface area contributed by atoms with E-state index in [1.807, 2.05) is 43.3 Å². The van der Waals surface area contributed by atoms with Crippen LogP contribution in [-0.4, -0.2) is 28.4 Å². The third-order valence-electron chi connectivity index (χ3n) is 4.38. The molecule has 1 heterocycles. The minimum Gasteiger partial charge on any atom is -0.478 e. The number of halogens is 1. The molecule has 0 aliphatic rings. The molecule has 3 aromatic rings. The first-order valence-corrected chi connectivity index (χ1v) is 9.55. The number of ketones is 1. The smallest absolute Gasteiger partial charge is 0.335 e. The lowest BCUT2D eigenvalue weighted by atomic mass is 9.97. The molecule has 0 amide bonds. The van der Waals surface area contributed by atoms with Crippen LogP contribution in [0, 0.1) is 0 Å². The van der Waals surface area contributed by atoms with E-state index in [9.17, 15) is 14.7 Å². The van der Waals surface area contributed by atoms with Crippen LogP contribution < -0.4 is 4.74 Å². The van der Waals surface area contributed by atoms with Gasteiger partial charge >= 0.3 is 5.97 Å². The van der Waals surface area contributed by atoms with E-state index in [0.717, 1.165) is 16.7 Å². The van der Waals surface area contributed by atoms with Crippen LogP contribution in [0.25, 0.3) is 11.1 Å². The minimum atomic E-state index is -1.07. The Morgan fingerprint density at radius 3 is 2.55 bits per heavy atom. The van der Waals surface area contributed by atoms with Crippen molar-refractivity contribution in [1.29, 1.82) is 0 Å². The molecule has 2 aromatic carbocycles. The monoisotopic (exact) mass is 409 g/mol. The van der Waals surface area contributed by atoms with Crippen molar-refractivity contribution in [1.82, 2.24) is 4.98 Å². The Labute approximate surface area is 173 Å². The van der Waals surface area contributed by atoms with Gasteiger partial charge < -0.3 is 9.84 Å². The minimum absolute atomic E-state index is 0.0109. The second kappa shape index (κ2) is 9.34. The van der Waals surface area contributed by atoms with Crippen LogP contribution in [-0.2, 0) is 17.6 Å². The molecule has 5 nitrogen and oxygen atoms in total. The van der Waals surface area contributed by atoms with Crippen LogP contribution in [0.3, 0.4) is 0 Å². The topological polar surface area (TPSA) is 76.5 Å². The summed E-state index contributed by atoms with van der Waals surface area (Å²) in [7, 11) is 0. The van der Waals surface area contributed by atoms with Gasteiger partial charge in [0.1, 0.15) is 5.78 Å². The van der Waals surface area contributed by atoms with Crippen molar-refractivity contribution in [3.8, 4) is 17.0 Å². The number of carboxylic acid groups (broad SMARTS) is 1. The molecular weight excluding hydrogens is 390 g/mol. The summed E-state index contributed by atoms with van der Waals surface area (Å²) in [6, 6.07) is 15.8. The number of carbonyl (C=O) groups excluding carboxylic acids is 1. The fourth-order valence-corrected chi connectivity index (χ4v) is 3.26. The lowest BCUT2D eigenvalue weighted by molar-refractivity contribution is -0.117. The second-order valence-corrected chi connectivity index (χ2v) is 6.95. The summed E-state index contributed by atoms with van der Waals surface area (Å²) in [6.07, 6.45) is 1.94. The standard InChI is InChI=1S/C23H20ClNO4/c1-2-29-22-9-6-17(14-25-22)16-5-3-4-15(10-16)11-20(26)13-18-12-19(24)7-8-21(18)23(27)28/h3-10,12,14H,2,11,13H2,1H3,(H,27,28). The zero-order chi connectivity index (χ0) is 20.8. The fourth-order valence-electron chi connectivity index (χ4n) is 3.06. The Morgan fingerprint density at radius 2 is 1.86 bits per heavy atom. The quantitative estimate of drug-likeness (QED) is 0.575. The summed E-state index contributed by atoms with van der Waals surface area (Å²) in [6.45, 7) is 2.46. The fraction of sp³-hybridized carbons (Fsp3) is 0.174. The number of aromatic nitrogens is 1. The highest BCUT2D eigenvalue weighted by Crippen LogP contribution is 2.23. The Kier molecular flexibility index (Phi) is 6.62. The van der Waals surface area contributed by atoms with Gasteiger partial charge in [-0.15, -0.1) is 0 Å². The second-order valence-electron chi connectivity index (χ2n) is 6.52. The number of benzene rings is 2. The van der Waals surface area contributed by atoms with Crippen molar-refractivity contribution in [2.45, 2.75) is 19.8 Å². The van der Waals surface area contributed by atoms with Crippen molar-refractivity contribution in [3.05, 3.63) is 82.5 Å². The summed E-state index contributed by atoms with van der Waals surface area (Å²) in [4.78, 5) is 28.2. The molecule has 0 bridgehead atoms. The molecule has 0 aliphatic heterocycles. The van der Waals surface area contributed by atoms with E-state index in [0.29, 0.717) is 23.1 Å². The van der Waals surface area contributed by atoms with Gasteiger partial charge in [0.25, 0.3) is 0 Å². The highest BCUT2D eigenvalue weighted by Gasteiger charge is 2.14. The average molecular weight is 410 g/mol. The van der Waals surface area contributed by atoms with E-state index in [2.05, 4.69) is 4.98 Å². The lowest BCUT2D eigenvalue weighted by Crippen LogP contribution is -2.11. The highest BCUT2D eigenvalue weighted by atomic mass is 35.5. The molecule has 0 spiro atoms. The molecule has 148 valence electrons. The molecule has 0 atom stereocenters. The van der Waals surface area contributed by atoms with Gasteiger partial charge in [0.2, 0.25) is 5.88 Å². The predicted molar refractivity (Wildman–Crippen MR) is 112 cm³/mol. The highest BCUT2D eigenvalue weighted by molar-refractivity contribution is 6.30. The maximum Gasteiger partial charge on any atom is 0.335 e. The third-order valence-corrected chi connectivity index (χ3v) is 4.61. The number of aromatic carboxylic acids is 1. The van der Waals surface area contributed by atoms with Gasteiger partial charge in [0.05, 0.1) is 12.2 Å². The Bertz CT molecular complexity index is 1030. The van der Waals surface area contributed by atoms with Crippen LogP contribution in [0.1, 0.15) is 28.4 Å². The van der Waals surface area contributed by atoms with Gasteiger partial charge in [-0.2, -0.15) is 0 Å². The van der Waals surface area contributed by atoms with Crippen LogP contribution in [0.4, 0.5) is 0 Å². The summed E-state index contributed by atoms with van der Waals surface area (Å²) in [5.74, 6) is -0.593. The summed E-state index contributed by atoms with van der Waals surface area (Å²) < 4.78 is 5.36. The zero-order valence-corrected chi connectivity index (χ0v) is 16.6. The van der Waals surface area contributed by atoms with Crippen molar-refractivity contribution >= 4 is 23.4 Å².